The van der Waals surface area contributed by atoms with Crippen molar-refractivity contribution >= 4 is 0 Å². The summed E-state index contributed by atoms with van der Waals surface area (Å²) in [5, 5.41) is 21.0. The van der Waals surface area contributed by atoms with Crippen LogP contribution in [0.5, 0.6) is 0 Å². The number of aryl methyl sites for hydroxylation is 2. The lowest BCUT2D eigenvalue weighted by molar-refractivity contribution is -0.00936. The van der Waals surface area contributed by atoms with Crippen molar-refractivity contribution in [2.75, 3.05) is 33.2 Å². The van der Waals surface area contributed by atoms with Crippen molar-refractivity contribution < 1.29 is 5.11 Å². The van der Waals surface area contributed by atoms with Crippen LogP contribution in [-0.4, -0.2) is 59.0 Å². The third-order valence-electron chi connectivity index (χ3n) is 4.04. The molecular weight excluding hydrogens is 240 g/mol. The van der Waals surface area contributed by atoms with Crippen LogP contribution in [0.2, 0.25) is 0 Å². The smallest absolute Gasteiger partial charge is 0.0897 e. The molecule has 1 atom stereocenters. The Labute approximate surface area is 115 Å². The molecule has 2 rings (SSSR count). The summed E-state index contributed by atoms with van der Waals surface area (Å²) in [6.07, 6.45) is 2.94. The molecule has 1 aromatic heterocycles. The SMILES string of the molecule is Cc1n[nH]c(C)c1CCN(C)C[C@]1(O)CCCNC1. The molecule has 1 fully saturated rings. The number of aromatic amines is 1. The monoisotopic (exact) mass is 266 g/mol. The van der Waals surface area contributed by atoms with E-state index in [1.807, 2.05) is 6.92 Å². The van der Waals surface area contributed by atoms with Crippen LogP contribution in [0.1, 0.15) is 29.8 Å². The Balaban J connectivity index is 1.83. The molecule has 5 nitrogen and oxygen atoms in total. The molecule has 1 aromatic rings. The van der Waals surface area contributed by atoms with E-state index in [4.69, 9.17) is 0 Å². The van der Waals surface area contributed by atoms with Crippen LogP contribution >= 0.6 is 0 Å². The summed E-state index contributed by atoms with van der Waals surface area (Å²) in [6.45, 7) is 7.52. The molecule has 0 amide bonds. The predicted octanol–water partition coefficient (Wildman–Crippen LogP) is 0.615. The summed E-state index contributed by atoms with van der Waals surface area (Å²) in [5.74, 6) is 0. The lowest BCUT2D eigenvalue weighted by atomic mass is 9.93. The van der Waals surface area contributed by atoms with Gasteiger partial charge in [-0.15, -0.1) is 0 Å². The first-order valence-electron chi connectivity index (χ1n) is 7.12. The number of hydrogen-bond acceptors (Lipinski definition) is 4. The highest BCUT2D eigenvalue weighted by Crippen LogP contribution is 2.17. The standard InChI is InChI=1S/C14H26N4O/c1-11-13(12(2)17-16-11)5-8-18(3)10-14(19)6-4-7-15-9-14/h15,19H,4-10H2,1-3H3,(H,16,17)/t14-/m0/s1. The number of hydrogen-bond donors (Lipinski definition) is 3. The molecule has 1 aliphatic heterocycles. The highest BCUT2D eigenvalue weighted by molar-refractivity contribution is 5.23. The maximum atomic E-state index is 10.5. The predicted molar refractivity (Wildman–Crippen MR) is 76.3 cm³/mol. The second kappa shape index (κ2) is 6.03. The fraction of sp³-hybridized carbons (Fsp3) is 0.786. The quantitative estimate of drug-likeness (QED) is 0.731. The van der Waals surface area contributed by atoms with Gasteiger partial charge in [0.1, 0.15) is 0 Å². The highest BCUT2D eigenvalue weighted by atomic mass is 16.3. The van der Waals surface area contributed by atoms with Gasteiger partial charge in [0.05, 0.1) is 11.3 Å². The summed E-state index contributed by atoms with van der Waals surface area (Å²) in [6, 6.07) is 0. The number of nitrogens with one attached hydrogen (secondary N) is 2. The Morgan fingerprint density at radius 1 is 1.42 bits per heavy atom. The van der Waals surface area contributed by atoms with Crippen molar-refractivity contribution in [3.05, 3.63) is 17.0 Å². The van der Waals surface area contributed by atoms with Crippen LogP contribution in [0.4, 0.5) is 0 Å². The average molecular weight is 266 g/mol. The summed E-state index contributed by atoms with van der Waals surface area (Å²) in [4.78, 5) is 2.22. The van der Waals surface area contributed by atoms with Crippen molar-refractivity contribution in [3.8, 4) is 0 Å². The molecule has 108 valence electrons. The van der Waals surface area contributed by atoms with E-state index in [2.05, 4.69) is 34.4 Å². The summed E-state index contributed by atoms with van der Waals surface area (Å²) in [5.41, 5.74) is 2.99. The van der Waals surface area contributed by atoms with E-state index in [1.165, 1.54) is 5.56 Å². The Morgan fingerprint density at radius 3 is 2.79 bits per heavy atom. The summed E-state index contributed by atoms with van der Waals surface area (Å²) in [7, 11) is 2.08. The lowest BCUT2D eigenvalue weighted by Gasteiger charge is -2.36. The van der Waals surface area contributed by atoms with Gasteiger partial charge in [0.15, 0.2) is 0 Å². The van der Waals surface area contributed by atoms with Crippen LogP contribution in [0.15, 0.2) is 0 Å². The van der Waals surface area contributed by atoms with Crippen LogP contribution in [0.25, 0.3) is 0 Å². The molecule has 0 saturated carbocycles. The van der Waals surface area contributed by atoms with E-state index in [0.29, 0.717) is 6.54 Å². The van der Waals surface area contributed by atoms with Crippen molar-refractivity contribution in [2.24, 2.45) is 0 Å². The molecule has 3 N–H and O–H groups in total. The molecule has 2 heterocycles. The van der Waals surface area contributed by atoms with Crippen LogP contribution < -0.4 is 5.32 Å². The Bertz CT molecular complexity index is 390. The third kappa shape index (κ3) is 3.78. The van der Waals surface area contributed by atoms with Crippen molar-refractivity contribution in [2.45, 2.75) is 38.7 Å². The van der Waals surface area contributed by atoms with Gasteiger partial charge in [-0.1, -0.05) is 0 Å². The fourth-order valence-electron chi connectivity index (χ4n) is 2.91. The van der Waals surface area contributed by atoms with Gasteiger partial charge in [-0.3, -0.25) is 5.10 Å². The molecule has 0 radical (unpaired) electrons. The first-order valence-corrected chi connectivity index (χ1v) is 7.12. The van der Waals surface area contributed by atoms with Gasteiger partial charge in [0.25, 0.3) is 0 Å². The molecule has 0 spiro atoms. The molecular formula is C14H26N4O. The van der Waals surface area contributed by atoms with E-state index in [1.54, 1.807) is 0 Å². The first kappa shape index (κ1) is 14.5. The Morgan fingerprint density at radius 2 is 2.21 bits per heavy atom. The van der Waals surface area contributed by atoms with E-state index in [-0.39, 0.29) is 0 Å². The summed E-state index contributed by atoms with van der Waals surface area (Å²) >= 11 is 0. The number of likely N-dealkylation sites (N-methyl/N-ethyl adjacent to an activating group) is 1. The minimum atomic E-state index is -0.562. The summed E-state index contributed by atoms with van der Waals surface area (Å²) < 4.78 is 0. The van der Waals surface area contributed by atoms with Crippen molar-refractivity contribution in [1.82, 2.24) is 20.4 Å². The zero-order valence-electron chi connectivity index (χ0n) is 12.3. The van der Waals surface area contributed by atoms with E-state index in [0.717, 1.165) is 50.3 Å². The molecule has 0 aromatic carbocycles. The van der Waals surface area contributed by atoms with Gasteiger partial charge in [-0.2, -0.15) is 5.10 Å². The normalized spacial score (nSPS) is 24.1. The van der Waals surface area contributed by atoms with Gasteiger partial charge < -0.3 is 15.3 Å². The van der Waals surface area contributed by atoms with Crippen molar-refractivity contribution in [3.63, 3.8) is 0 Å². The molecule has 5 heteroatoms. The minimum absolute atomic E-state index is 0.562. The van der Waals surface area contributed by atoms with Crippen LogP contribution in [-0.2, 0) is 6.42 Å². The number of aliphatic hydroxyl groups is 1. The number of β-amino-alcohol motifs (C(OH)–C–C–N with tert-alkyl or cyclic N) is 1. The van der Waals surface area contributed by atoms with E-state index < -0.39 is 5.60 Å². The molecule has 1 aliphatic rings. The van der Waals surface area contributed by atoms with E-state index >= 15 is 0 Å². The number of H-pyrrole nitrogens is 1. The van der Waals surface area contributed by atoms with Gasteiger partial charge >= 0.3 is 0 Å². The van der Waals surface area contributed by atoms with Gasteiger partial charge in [-0.05, 0) is 52.3 Å². The maximum Gasteiger partial charge on any atom is 0.0897 e. The number of piperidine rings is 1. The van der Waals surface area contributed by atoms with Crippen LogP contribution in [0, 0.1) is 13.8 Å². The molecule has 1 saturated heterocycles. The number of nitrogens with zero attached hydrogens (tertiary/aromatic N) is 2. The Hall–Kier alpha value is -0.910. The van der Waals surface area contributed by atoms with E-state index in [9.17, 15) is 5.11 Å². The second-order valence-corrected chi connectivity index (χ2v) is 5.91. The largest absolute Gasteiger partial charge is 0.387 e. The molecule has 0 aliphatic carbocycles. The minimum Gasteiger partial charge on any atom is -0.387 e. The zero-order chi connectivity index (χ0) is 13.9. The van der Waals surface area contributed by atoms with Crippen LogP contribution in [0.3, 0.4) is 0 Å². The molecule has 19 heavy (non-hydrogen) atoms. The van der Waals surface area contributed by atoms with Gasteiger partial charge in [0, 0.05) is 25.3 Å². The highest BCUT2D eigenvalue weighted by Gasteiger charge is 2.30. The second-order valence-electron chi connectivity index (χ2n) is 5.91. The number of rotatable bonds is 5. The third-order valence-corrected chi connectivity index (χ3v) is 4.04. The number of aromatic nitrogens is 2. The van der Waals surface area contributed by atoms with Crippen molar-refractivity contribution in [1.29, 1.82) is 0 Å². The van der Waals surface area contributed by atoms with Gasteiger partial charge in [0.2, 0.25) is 0 Å². The molecule has 0 bridgehead atoms. The topological polar surface area (TPSA) is 64.2 Å². The lowest BCUT2D eigenvalue weighted by Crippen LogP contribution is -2.52. The maximum absolute atomic E-state index is 10.5. The fourth-order valence-corrected chi connectivity index (χ4v) is 2.91. The first-order chi connectivity index (χ1) is 9.00. The molecule has 0 unspecified atom stereocenters. The zero-order valence-corrected chi connectivity index (χ0v) is 12.3. The van der Waals surface area contributed by atoms with Gasteiger partial charge in [-0.25, -0.2) is 0 Å². The average Bonchev–Trinajstić information content (AvgIpc) is 2.67. The Kier molecular flexibility index (Phi) is 4.60.